The Labute approximate surface area is 116 Å². The highest BCUT2D eigenvalue weighted by Gasteiger charge is 2.30. The van der Waals surface area contributed by atoms with Crippen LogP contribution in [-0.2, 0) is 4.79 Å². The molecule has 2 aromatic rings. The van der Waals surface area contributed by atoms with Gasteiger partial charge in [0.2, 0.25) is 0 Å². The van der Waals surface area contributed by atoms with E-state index in [2.05, 4.69) is 33.1 Å². The van der Waals surface area contributed by atoms with Crippen LogP contribution in [0, 0.1) is 5.92 Å². The lowest BCUT2D eigenvalue weighted by Gasteiger charge is -2.11. The average molecular weight is 271 g/mol. The summed E-state index contributed by atoms with van der Waals surface area (Å²) >= 11 is 0. The molecule has 2 aliphatic rings. The number of nitrogens with zero attached hydrogens (tertiary/aromatic N) is 2. The number of aliphatic carboxylic acids is 1. The summed E-state index contributed by atoms with van der Waals surface area (Å²) < 4.78 is 2.25. The Morgan fingerprint density at radius 3 is 2.95 bits per heavy atom. The van der Waals surface area contributed by atoms with E-state index in [1.165, 1.54) is 18.4 Å². The second-order valence-electron chi connectivity index (χ2n) is 5.86. The molecule has 5 heteroatoms. The van der Waals surface area contributed by atoms with Gasteiger partial charge in [-0.15, -0.1) is 0 Å². The summed E-state index contributed by atoms with van der Waals surface area (Å²) in [6.07, 6.45) is 5.08. The van der Waals surface area contributed by atoms with Gasteiger partial charge in [0.1, 0.15) is 0 Å². The first-order valence-corrected chi connectivity index (χ1v) is 7.15. The average Bonchev–Trinajstić information content (AvgIpc) is 3.03. The molecule has 1 aromatic heterocycles. The summed E-state index contributed by atoms with van der Waals surface area (Å²) in [7, 11) is 0. The van der Waals surface area contributed by atoms with Crippen LogP contribution in [0.1, 0.15) is 36.9 Å². The maximum atomic E-state index is 11.0. The van der Waals surface area contributed by atoms with Crippen molar-refractivity contribution in [3.05, 3.63) is 30.1 Å². The van der Waals surface area contributed by atoms with Crippen molar-refractivity contribution in [1.29, 1.82) is 0 Å². The first-order chi connectivity index (χ1) is 9.72. The molecule has 1 saturated heterocycles. The highest BCUT2D eigenvalue weighted by atomic mass is 16.4. The zero-order valence-corrected chi connectivity index (χ0v) is 11.1. The standard InChI is InChI=1S/C15H17N3O2/c19-15(20)10-6-12(16-7-10)9-1-4-14-13(5-9)17-8-18(14)11-2-3-11/h1,4-5,8,10-12,16H,2-3,6-7H2,(H,19,20). The van der Waals surface area contributed by atoms with Crippen LogP contribution in [0.4, 0.5) is 0 Å². The first-order valence-electron chi connectivity index (χ1n) is 7.15. The minimum Gasteiger partial charge on any atom is -0.481 e. The minimum absolute atomic E-state index is 0.131. The lowest BCUT2D eigenvalue weighted by atomic mass is 10.00. The van der Waals surface area contributed by atoms with Crippen molar-refractivity contribution in [2.24, 2.45) is 5.92 Å². The second-order valence-corrected chi connectivity index (χ2v) is 5.86. The third kappa shape index (κ3) is 1.89. The van der Waals surface area contributed by atoms with E-state index in [0.29, 0.717) is 19.0 Å². The first kappa shape index (κ1) is 11.9. The third-order valence-electron chi connectivity index (χ3n) is 4.42. The molecule has 2 N–H and O–H groups in total. The summed E-state index contributed by atoms with van der Waals surface area (Å²) in [4.78, 5) is 15.5. The van der Waals surface area contributed by atoms with Gasteiger partial charge in [0, 0.05) is 18.6 Å². The van der Waals surface area contributed by atoms with Crippen molar-refractivity contribution < 1.29 is 9.90 Å². The topological polar surface area (TPSA) is 67.2 Å². The molecule has 2 atom stereocenters. The van der Waals surface area contributed by atoms with Gasteiger partial charge in [-0.25, -0.2) is 4.98 Å². The summed E-state index contributed by atoms with van der Waals surface area (Å²) in [5.41, 5.74) is 3.33. The van der Waals surface area contributed by atoms with Gasteiger partial charge in [0.05, 0.1) is 23.3 Å². The van der Waals surface area contributed by atoms with Gasteiger partial charge in [-0.05, 0) is 37.0 Å². The smallest absolute Gasteiger partial charge is 0.307 e. The lowest BCUT2D eigenvalue weighted by molar-refractivity contribution is -0.141. The fraction of sp³-hybridized carbons (Fsp3) is 0.467. The van der Waals surface area contributed by atoms with Crippen molar-refractivity contribution in [3.8, 4) is 0 Å². The van der Waals surface area contributed by atoms with Crippen LogP contribution in [0.25, 0.3) is 11.0 Å². The van der Waals surface area contributed by atoms with Crippen LogP contribution >= 0.6 is 0 Å². The molecule has 1 saturated carbocycles. The predicted octanol–water partition coefficient (Wildman–Crippen LogP) is 2.11. The molecule has 1 aromatic carbocycles. The Morgan fingerprint density at radius 2 is 2.25 bits per heavy atom. The van der Waals surface area contributed by atoms with Crippen molar-refractivity contribution >= 4 is 17.0 Å². The number of carbonyl (C=O) groups is 1. The van der Waals surface area contributed by atoms with Gasteiger partial charge in [0.25, 0.3) is 0 Å². The molecule has 0 spiro atoms. The minimum atomic E-state index is -0.709. The van der Waals surface area contributed by atoms with Crippen LogP contribution in [0.2, 0.25) is 0 Å². The number of benzene rings is 1. The van der Waals surface area contributed by atoms with Crippen LogP contribution < -0.4 is 5.32 Å². The molecule has 104 valence electrons. The molecule has 2 heterocycles. The number of fused-ring (bicyclic) bond motifs is 1. The van der Waals surface area contributed by atoms with Crippen LogP contribution in [-0.4, -0.2) is 27.2 Å². The Hall–Kier alpha value is -1.88. The number of carboxylic acids is 1. The summed E-state index contributed by atoms with van der Waals surface area (Å²) in [5, 5.41) is 12.4. The van der Waals surface area contributed by atoms with E-state index >= 15 is 0 Å². The summed E-state index contributed by atoms with van der Waals surface area (Å²) in [6.45, 7) is 0.550. The molecule has 2 fully saturated rings. The normalized spacial score (nSPS) is 26.2. The molecule has 1 aliphatic heterocycles. The SMILES string of the molecule is O=C(O)C1CNC(c2ccc3c(c2)ncn3C2CC2)C1. The van der Waals surface area contributed by atoms with Crippen LogP contribution in [0.5, 0.6) is 0 Å². The molecule has 0 radical (unpaired) electrons. The Balaban J connectivity index is 1.63. The molecule has 5 nitrogen and oxygen atoms in total. The van der Waals surface area contributed by atoms with Crippen molar-refractivity contribution in [2.75, 3.05) is 6.54 Å². The molecular weight excluding hydrogens is 254 g/mol. The third-order valence-corrected chi connectivity index (χ3v) is 4.42. The highest BCUT2D eigenvalue weighted by Crippen LogP contribution is 2.37. The summed E-state index contributed by atoms with van der Waals surface area (Å²) in [6, 6.07) is 7.07. The number of hydrogen-bond acceptors (Lipinski definition) is 3. The number of imidazole rings is 1. The largest absolute Gasteiger partial charge is 0.481 e. The van der Waals surface area contributed by atoms with Gasteiger partial charge < -0.3 is 15.0 Å². The van der Waals surface area contributed by atoms with E-state index in [4.69, 9.17) is 5.11 Å². The molecule has 20 heavy (non-hydrogen) atoms. The van der Waals surface area contributed by atoms with E-state index in [1.807, 2.05) is 6.33 Å². The van der Waals surface area contributed by atoms with Crippen molar-refractivity contribution in [2.45, 2.75) is 31.3 Å². The Morgan fingerprint density at radius 1 is 1.40 bits per heavy atom. The number of aromatic nitrogens is 2. The van der Waals surface area contributed by atoms with Gasteiger partial charge in [-0.1, -0.05) is 6.07 Å². The fourth-order valence-electron chi connectivity index (χ4n) is 3.09. The maximum Gasteiger partial charge on any atom is 0.307 e. The predicted molar refractivity (Wildman–Crippen MR) is 74.5 cm³/mol. The van der Waals surface area contributed by atoms with Gasteiger partial charge in [0.15, 0.2) is 0 Å². The second kappa shape index (κ2) is 4.31. The zero-order valence-electron chi connectivity index (χ0n) is 11.1. The van der Waals surface area contributed by atoms with E-state index in [-0.39, 0.29) is 12.0 Å². The van der Waals surface area contributed by atoms with Gasteiger partial charge in [-0.2, -0.15) is 0 Å². The molecule has 0 amide bonds. The van der Waals surface area contributed by atoms with E-state index in [0.717, 1.165) is 11.1 Å². The number of hydrogen-bond donors (Lipinski definition) is 2. The van der Waals surface area contributed by atoms with Crippen molar-refractivity contribution in [1.82, 2.24) is 14.9 Å². The molecular formula is C15H17N3O2. The fourth-order valence-corrected chi connectivity index (χ4v) is 3.09. The summed E-state index contributed by atoms with van der Waals surface area (Å²) in [5.74, 6) is -0.987. The van der Waals surface area contributed by atoms with Crippen molar-refractivity contribution in [3.63, 3.8) is 0 Å². The van der Waals surface area contributed by atoms with E-state index in [9.17, 15) is 4.79 Å². The lowest BCUT2D eigenvalue weighted by Crippen LogP contribution is -2.17. The highest BCUT2D eigenvalue weighted by molar-refractivity contribution is 5.77. The van der Waals surface area contributed by atoms with E-state index in [1.54, 1.807) is 0 Å². The van der Waals surface area contributed by atoms with Crippen LogP contribution in [0.15, 0.2) is 24.5 Å². The monoisotopic (exact) mass is 271 g/mol. The molecule has 1 aliphatic carbocycles. The Bertz CT molecular complexity index is 675. The van der Waals surface area contributed by atoms with Crippen LogP contribution in [0.3, 0.4) is 0 Å². The molecule has 4 rings (SSSR count). The molecule has 0 bridgehead atoms. The maximum absolute atomic E-state index is 11.0. The number of rotatable bonds is 3. The van der Waals surface area contributed by atoms with Gasteiger partial charge >= 0.3 is 5.97 Å². The Kier molecular flexibility index (Phi) is 2.57. The van der Waals surface area contributed by atoms with E-state index < -0.39 is 5.97 Å². The number of carboxylic acid groups (broad SMARTS) is 1. The quantitative estimate of drug-likeness (QED) is 0.897. The van der Waals surface area contributed by atoms with Gasteiger partial charge in [-0.3, -0.25) is 4.79 Å². The number of nitrogens with one attached hydrogen (secondary N) is 1. The zero-order chi connectivity index (χ0) is 13.7. The molecule has 2 unspecified atom stereocenters.